The highest BCUT2D eigenvalue weighted by Crippen LogP contribution is 2.45. The molecule has 1 nitrogen and oxygen atoms in total. The zero-order valence-electron chi connectivity index (χ0n) is 10.7. The van der Waals surface area contributed by atoms with E-state index in [0.29, 0.717) is 0 Å². The van der Waals surface area contributed by atoms with E-state index in [4.69, 9.17) is 11.2 Å². The van der Waals surface area contributed by atoms with Crippen molar-refractivity contribution in [2.45, 2.75) is 50.0 Å². The van der Waals surface area contributed by atoms with Gasteiger partial charge in [-0.25, -0.2) is 0 Å². The van der Waals surface area contributed by atoms with Gasteiger partial charge in [-0.1, -0.05) is 19.8 Å². The molecule has 1 heterocycles. The van der Waals surface area contributed by atoms with E-state index in [1.165, 1.54) is 0 Å². The summed E-state index contributed by atoms with van der Waals surface area (Å²) in [6.45, 7) is 8.63. The molecular formula is C15H17OS. The van der Waals surface area contributed by atoms with Crippen LogP contribution in [0.25, 0.3) is 0 Å². The molecule has 0 fully saturated rings. The Morgan fingerprint density at radius 2 is 1.94 bits per heavy atom. The summed E-state index contributed by atoms with van der Waals surface area (Å²) in [5.74, 6) is 3.31. The lowest BCUT2D eigenvalue weighted by atomic mass is 9.73. The second-order valence-electron chi connectivity index (χ2n) is 5.91. The Hall–Kier alpha value is -1.07. The number of ether oxygens (including phenoxy) is 1. The Morgan fingerprint density at radius 3 is 2.53 bits per heavy atom. The van der Waals surface area contributed by atoms with Gasteiger partial charge in [0, 0.05) is 16.0 Å². The molecule has 0 bridgehead atoms. The zero-order chi connectivity index (χ0) is 12.8. The third-order valence-corrected chi connectivity index (χ3v) is 3.59. The maximum absolute atomic E-state index is 7.27. The molecule has 0 unspecified atom stereocenters. The van der Waals surface area contributed by atoms with Crippen LogP contribution in [0.15, 0.2) is 17.0 Å². The first kappa shape index (κ1) is 12.4. The Morgan fingerprint density at radius 1 is 1.29 bits per heavy atom. The Kier molecular flexibility index (Phi) is 2.71. The monoisotopic (exact) mass is 245 g/mol. The van der Waals surface area contributed by atoms with Gasteiger partial charge in [-0.05, 0) is 44.2 Å². The second-order valence-corrected chi connectivity index (χ2v) is 6.39. The quantitative estimate of drug-likeness (QED) is 0.541. The summed E-state index contributed by atoms with van der Waals surface area (Å²) in [7, 11) is 0. The second kappa shape index (κ2) is 3.71. The molecule has 0 saturated carbocycles. The van der Waals surface area contributed by atoms with Crippen LogP contribution in [0.3, 0.4) is 0 Å². The maximum Gasteiger partial charge on any atom is 0.125 e. The fourth-order valence-corrected chi connectivity index (χ4v) is 3.01. The van der Waals surface area contributed by atoms with Crippen molar-refractivity contribution in [3.8, 4) is 11.7 Å². The zero-order valence-corrected chi connectivity index (χ0v) is 11.6. The average molecular weight is 245 g/mol. The third-order valence-electron chi connectivity index (χ3n) is 3.22. The Labute approximate surface area is 109 Å². The first-order valence-electron chi connectivity index (χ1n) is 5.74. The molecule has 0 aromatic heterocycles. The molecule has 1 aliphatic rings. The highest BCUT2D eigenvalue weighted by Gasteiger charge is 2.39. The summed E-state index contributed by atoms with van der Waals surface area (Å²) in [5, 5.41) is 0. The first-order chi connectivity index (χ1) is 7.75. The van der Waals surface area contributed by atoms with Crippen LogP contribution in [-0.2, 0) is 5.41 Å². The molecule has 2 rings (SSSR count). The number of benzene rings is 1. The van der Waals surface area contributed by atoms with Crippen LogP contribution in [0.2, 0.25) is 0 Å². The Balaban J connectivity index is 2.64. The summed E-state index contributed by atoms with van der Waals surface area (Å²) < 4.78 is 6.00. The molecule has 17 heavy (non-hydrogen) atoms. The standard InChI is InChI=1S/C15H17OS/c1-6-10-7-11-12(8-13(10)17)16-15(4,5)9-14(11,2)3/h7-8,17H,9H2,2-5H3. The van der Waals surface area contributed by atoms with Gasteiger partial charge in [-0.3, -0.25) is 0 Å². The van der Waals surface area contributed by atoms with Gasteiger partial charge >= 0.3 is 0 Å². The predicted molar refractivity (Wildman–Crippen MR) is 72.3 cm³/mol. The fourth-order valence-electron chi connectivity index (χ4n) is 2.78. The molecule has 2 heteroatoms. The SMILES string of the molecule is [C]#Cc1cc2c(cc1S)OC(C)(C)CC2(C)C. The van der Waals surface area contributed by atoms with Crippen LogP contribution in [0.1, 0.15) is 45.2 Å². The first-order valence-corrected chi connectivity index (χ1v) is 6.19. The number of hydrogen-bond donors (Lipinski definition) is 1. The summed E-state index contributed by atoms with van der Waals surface area (Å²) in [6, 6.07) is 3.87. The summed E-state index contributed by atoms with van der Waals surface area (Å²) >= 11 is 4.36. The minimum atomic E-state index is -0.160. The molecule has 0 amide bonds. The lowest BCUT2D eigenvalue weighted by Crippen LogP contribution is -2.41. The topological polar surface area (TPSA) is 9.23 Å². The molecule has 0 spiro atoms. The van der Waals surface area contributed by atoms with Crippen LogP contribution < -0.4 is 4.74 Å². The molecule has 0 atom stereocenters. The van der Waals surface area contributed by atoms with E-state index < -0.39 is 0 Å². The van der Waals surface area contributed by atoms with E-state index in [9.17, 15) is 0 Å². The van der Waals surface area contributed by atoms with Crippen molar-refractivity contribution in [2.24, 2.45) is 0 Å². The van der Waals surface area contributed by atoms with E-state index in [1.807, 2.05) is 12.1 Å². The van der Waals surface area contributed by atoms with E-state index in [-0.39, 0.29) is 11.0 Å². The highest BCUT2D eigenvalue weighted by atomic mass is 32.1. The van der Waals surface area contributed by atoms with Gasteiger partial charge in [0.1, 0.15) is 11.4 Å². The van der Waals surface area contributed by atoms with Crippen LogP contribution >= 0.6 is 12.6 Å². The number of hydrogen-bond acceptors (Lipinski definition) is 2. The molecule has 89 valence electrons. The fraction of sp³-hybridized carbons (Fsp3) is 0.467. The average Bonchev–Trinajstić information content (AvgIpc) is 2.13. The van der Waals surface area contributed by atoms with Crippen molar-refractivity contribution in [3.63, 3.8) is 0 Å². The van der Waals surface area contributed by atoms with Crippen molar-refractivity contribution in [3.05, 3.63) is 29.7 Å². The van der Waals surface area contributed by atoms with Gasteiger partial charge in [0.2, 0.25) is 0 Å². The van der Waals surface area contributed by atoms with Crippen molar-refractivity contribution in [2.75, 3.05) is 0 Å². The summed E-state index contributed by atoms with van der Waals surface area (Å²) in [5.41, 5.74) is 1.75. The van der Waals surface area contributed by atoms with Crippen molar-refractivity contribution in [1.29, 1.82) is 0 Å². The Bertz CT molecular complexity index is 506. The minimum Gasteiger partial charge on any atom is -0.487 e. The smallest absolute Gasteiger partial charge is 0.125 e. The molecule has 1 radical (unpaired) electrons. The van der Waals surface area contributed by atoms with Gasteiger partial charge < -0.3 is 4.74 Å². The van der Waals surface area contributed by atoms with Crippen LogP contribution in [0.5, 0.6) is 5.75 Å². The lowest BCUT2D eigenvalue weighted by molar-refractivity contribution is 0.0531. The molecule has 0 N–H and O–H groups in total. The van der Waals surface area contributed by atoms with Crippen molar-refractivity contribution < 1.29 is 4.74 Å². The van der Waals surface area contributed by atoms with E-state index in [0.717, 1.165) is 28.2 Å². The number of fused-ring (bicyclic) bond motifs is 1. The predicted octanol–water partition coefficient (Wildman–Crippen LogP) is 3.75. The maximum atomic E-state index is 7.27. The molecule has 1 aromatic rings. The summed E-state index contributed by atoms with van der Waals surface area (Å²) in [4.78, 5) is 0.743. The third kappa shape index (κ3) is 2.17. The summed E-state index contributed by atoms with van der Waals surface area (Å²) in [6.07, 6.45) is 8.22. The van der Waals surface area contributed by atoms with Crippen molar-refractivity contribution >= 4 is 12.6 Å². The van der Waals surface area contributed by atoms with Gasteiger partial charge in [-0.2, -0.15) is 0 Å². The molecule has 0 saturated heterocycles. The van der Waals surface area contributed by atoms with E-state index >= 15 is 0 Å². The van der Waals surface area contributed by atoms with E-state index in [2.05, 4.69) is 46.2 Å². The lowest BCUT2D eigenvalue weighted by Gasteiger charge is -2.42. The normalized spacial score (nSPS) is 20.0. The molecule has 1 aliphatic heterocycles. The van der Waals surface area contributed by atoms with Gasteiger partial charge in [-0.15, -0.1) is 12.6 Å². The van der Waals surface area contributed by atoms with Crippen LogP contribution in [-0.4, -0.2) is 5.60 Å². The molecular weight excluding hydrogens is 228 g/mol. The van der Waals surface area contributed by atoms with Crippen LogP contribution in [0.4, 0.5) is 0 Å². The van der Waals surface area contributed by atoms with Crippen LogP contribution in [0, 0.1) is 12.3 Å². The molecule has 0 aliphatic carbocycles. The number of rotatable bonds is 0. The van der Waals surface area contributed by atoms with Gasteiger partial charge in [0.15, 0.2) is 0 Å². The van der Waals surface area contributed by atoms with Gasteiger partial charge in [0.25, 0.3) is 0 Å². The largest absolute Gasteiger partial charge is 0.487 e. The number of thiol groups is 1. The van der Waals surface area contributed by atoms with Crippen molar-refractivity contribution in [1.82, 2.24) is 0 Å². The van der Waals surface area contributed by atoms with Gasteiger partial charge in [0.05, 0.1) is 0 Å². The molecule has 1 aromatic carbocycles. The highest BCUT2D eigenvalue weighted by molar-refractivity contribution is 7.80. The van der Waals surface area contributed by atoms with E-state index in [1.54, 1.807) is 0 Å². The minimum absolute atomic E-state index is 0.0458.